The Morgan fingerprint density at radius 1 is 1.00 bits per heavy atom. The fraction of sp³-hybridized carbons (Fsp3) is 0.250. The van der Waals surface area contributed by atoms with E-state index >= 15 is 0 Å². The van der Waals surface area contributed by atoms with Crippen LogP contribution in [0.1, 0.15) is 5.56 Å². The van der Waals surface area contributed by atoms with Gasteiger partial charge in [-0.25, -0.2) is 0 Å². The number of hydrogen-bond donors (Lipinski definition) is 0. The van der Waals surface area contributed by atoms with Gasteiger partial charge in [0, 0.05) is 16.5 Å². The van der Waals surface area contributed by atoms with Gasteiger partial charge in [-0.05, 0) is 17.7 Å². The SMILES string of the molecule is Clc1cccc(Cl)c1CC(Cl)(Cl)Cl. The fourth-order valence-corrected chi connectivity index (χ4v) is 1.83. The van der Waals surface area contributed by atoms with E-state index in [0.29, 0.717) is 15.6 Å². The summed E-state index contributed by atoms with van der Waals surface area (Å²) in [6.45, 7) is 0. The molecule has 1 aromatic rings. The van der Waals surface area contributed by atoms with Gasteiger partial charge >= 0.3 is 0 Å². The average molecular weight is 278 g/mol. The summed E-state index contributed by atoms with van der Waals surface area (Å²) < 4.78 is -1.37. The van der Waals surface area contributed by atoms with Crippen LogP contribution in [0.3, 0.4) is 0 Å². The van der Waals surface area contributed by atoms with Crippen molar-refractivity contribution in [1.82, 2.24) is 0 Å². The summed E-state index contributed by atoms with van der Waals surface area (Å²) in [5.41, 5.74) is 0.658. The van der Waals surface area contributed by atoms with Crippen molar-refractivity contribution in [2.45, 2.75) is 10.2 Å². The van der Waals surface area contributed by atoms with Crippen LogP contribution in [0.4, 0.5) is 0 Å². The third kappa shape index (κ3) is 3.73. The molecule has 0 bridgehead atoms. The molecule has 13 heavy (non-hydrogen) atoms. The Labute approximate surface area is 102 Å². The quantitative estimate of drug-likeness (QED) is 0.641. The Morgan fingerprint density at radius 3 is 1.85 bits per heavy atom. The molecule has 0 heterocycles. The highest BCUT2D eigenvalue weighted by molar-refractivity contribution is 6.67. The Morgan fingerprint density at radius 2 is 1.46 bits per heavy atom. The molecular weight excluding hydrogens is 273 g/mol. The van der Waals surface area contributed by atoms with Crippen molar-refractivity contribution in [3.63, 3.8) is 0 Å². The van der Waals surface area contributed by atoms with Crippen LogP contribution in [0.2, 0.25) is 10.0 Å². The molecular formula is C8H5Cl5. The smallest absolute Gasteiger partial charge is 0.0840 e. The van der Waals surface area contributed by atoms with Gasteiger partial charge in [-0.1, -0.05) is 64.1 Å². The van der Waals surface area contributed by atoms with Crippen molar-refractivity contribution in [2.75, 3.05) is 0 Å². The minimum atomic E-state index is -1.37. The van der Waals surface area contributed by atoms with Crippen molar-refractivity contribution in [3.8, 4) is 0 Å². The van der Waals surface area contributed by atoms with E-state index in [1.54, 1.807) is 18.2 Å². The summed E-state index contributed by atoms with van der Waals surface area (Å²) in [4.78, 5) is 0. The van der Waals surface area contributed by atoms with Gasteiger partial charge < -0.3 is 0 Å². The maximum atomic E-state index is 5.88. The molecule has 0 aliphatic heterocycles. The summed E-state index contributed by atoms with van der Waals surface area (Å²) in [5.74, 6) is 0. The number of halogens is 5. The summed E-state index contributed by atoms with van der Waals surface area (Å²) >= 11 is 28.6. The van der Waals surface area contributed by atoms with Crippen LogP contribution < -0.4 is 0 Å². The van der Waals surface area contributed by atoms with Crippen LogP contribution in [-0.4, -0.2) is 3.79 Å². The van der Waals surface area contributed by atoms with Crippen molar-refractivity contribution < 1.29 is 0 Å². The van der Waals surface area contributed by atoms with E-state index in [1.165, 1.54) is 0 Å². The molecule has 0 saturated heterocycles. The van der Waals surface area contributed by atoms with Gasteiger partial charge in [0.15, 0.2) is 3.79 Å². The van der Waals surface area contributed by atoms with Gasteiger partial charge in [0.05, 0.1) is 0 Å². The summed E-state index contributed by atoms with van der Waals surface area (Å²) in [5, 5.41) is 1.03. The molecule has 0 aliphatic carbocycles. The normalized spacial score (nSPS) is 11.8. The second-order valence-electron chi connectivity index (χ2n) is 2.49. The number of alkyl halides is 3. The molecule has 0 nitrogen and oxygen atoms in total. The first-order valence-corrected chi connectivity index (χ1v) is 5.29. The molecule has 0 N–H and O–H groups in total. The maximum absolute atomic E-state index is 5.88. The van der Waals surface area contributed by atoms with Crippen LogP contribution >= 0.6 is 58.0 Å². The van der Waals surface area contributed by atoms with Crippen molar-refractivity contribution in [2.24, 2.45) is 0 Å². The Bertz CT molecular complexity index is 282. The van der Waals surface area contributed by atoms with E-state index in [2.05, 4.69) is 0 Å². The van der Waals surface area contributed by atoms with E-state index in [9.17, 15) is 0 Å². The van der Waals surface area contributed by atoms with Crippen LogP contribution in [0.15, 0.2) is 18.2 Å². The topological polar surface area (TPSA) is 0 Å². The largest absolute Gasteiger partial charge is 0.194 e. The monoisotopic (exact) mass is 276 g/mol. The molecule has 0 saturated carbocycles. The summed E-state index contributed by atoms with van der Waals surface area (Å²) in [6.07, 6.45) is 0.205. The van der Waals surface area contributed by atoms with Gasteiger partial charge in [-0.3, -0.25) is 0 Å². The molecule has 0 atom stereocenters. The van der Waals surface area contributed by atoms with Gasteiger partial charge in [-0.2, -0.15) is 0 Å². The lowest BCUT2D eigenvalue weighted by molar-refractivity contribution is 1.02. The molecule has 0 aromatic heterocycles. The van der Waals surface area contributed by atoms with Gasteiger partial charge in [-0.15, -0.1) is 0 Å². The highest BCUT2D eigenvalue weighted by atomic mass is 35.6. The first kappa shape index (κ1) is 11.7. The standard InChI is InChI=1S/C8H5Cl5/c9-6-2-1-3-7(10)5(6)4-8(11,12)13/h1-3H,4H2. The minimum absolute atomic E-state index is 0.205. The molecule has 0 aliphatic rings. The van der Waals surface area contributed by atoms with E-state index in [1.807, 2.05) is 0 Å². The second-order valence-corrected chi connectivity index (χ2v) is 5.82. The molecule has 0 amide bonds. The third-order valence-electron chi connectivity index (χ3n) is 1.44. The van der Waals surface area contributed by atoms with Crippen LogP contribution in [0.5, 0.6) is 0 Å². The summed E-state index contributed by atoms with van der Waals surface area (Å²) in [6, 6.07) is 5.16. The zero-order chi connectivity index (χ0) is 10.1. The highest BCUT2D eigenvalue weighted by Gasteiger charge is 2.23. The predicted octanol–water partition coefficient (Wildman–Crippen LogP) is 4.91. The van der Waals surface area contributed by atoms with Crippen LogP contribution in [0, 0.1) is 0 Å². The van der Waals surface area contributed by atoms with Gasteiger partial charge in [0.25, 0.3) is 0 Å². The molecule has 0 spiro atoms. The molecule has 0 radical (unpaired) electrons. The van der Waals surface area contributed by atoms with Gasteiger partial charge in [0.2, 0.25) is 0 Å². The van der Waals surface area contributed by atoms with E-state index < -0.39 is 3.79 Å². The lowest BCUT2D eigenvalue weighted by Gasteiger charge is -2.12. The fourth-order valence-electron chi connectivity index (χ4n) is 0.902. The molecule has 72 valence electrons. The summed E-state index contributed by atoms with van der Waals surface area (Å²) in [7, 11) is 0. The van der Waals surface area contributed by atoms with Gasteiger partial charge in [0.1, 0.15) is 0 Å². The first-order valence-electron chi connectivity index (χ1n) is 3.40. The maximum Gasteiger partial charge on any atom is 0.194 e. The highest BCUT2D eigenvalue weighted by Crippen LogP contribution is 2.35. The lowest BCUT2D eigenvalue weighted by Crippen LogP contribution is -2.07. The lowest BCUT2D eigenvalue weighted by atomic mass is 10.2. The average Bonchev–Trinajstić information content (AvgIpc) is 1.95. The molecule has 5 heteroatoms. The molecule has 0 fully saturated rings. The predicted molar refractivity (Wildman–Crippen MR) is 60.5 cm³/mol. The third-order valence-corrected chi connectivity index (χ3v) is 2.55. The van der Waals surface area contributed by atoms with E-state index in [0.717, 1.165) is 0 Å². The number of benzene rings is 1. The Kier molecular flexibility index (Phi) is 4.03. The number of rotatable bonds is 1. The number of hydrogen-bond acceptors (Lipinski definition) is 0. The molecule has 0 unspecified atom stereocenters. The van der Waals surface area contributed by atoms with Crippen LogP contribution in [-0.2, 0) is 6.42 Å². The van der Waals surface area contributed by atoms with Crippen molar-refractivity contribution >= 4 is 58.0 Å². The minimum Gasteiger partial charge on any atom is -0.0840 e. The van der Waals surface area contributed by atoms with Crippen molar-refractivity contribution in [3.05, 3.63) is 33.8 Å². The first-order chi connectivity index (χ1) is 5.90. The van der Waals surface area contributed by atoms with Crippen LogP contribution in [0.25, 0.3) is 0 Å². The second kappa shape index (κ2) is 4.46. The zero-order valence-corrected chi connectivity index (χ0v) is 10.1. The Hall–Kier alpha value is 0.670. The van der Waals surface area contributed by atoms with E-state index in [4.69, 9.17) is 58.0 Å². The van der Waals surface area contributed by atoms with Crippen molar-refractivity contribution in [1.29, 1.82) is 0 Å². The molecule has 1 aromatic carbocycles. The zero-order valence-electron chi connectivity index (χ0n) is 6.33. The molecule has 1 rings (SSSR count). The Balaban J connectivity index is 3.00. The van der Waals surface area contributed by atoms with E-state index in [-0.39, 0.29) is 6.42 Å².